The van der Waals surface area contributed by atoms with Gasteiger partial charge in [0.1, 0.15) is 5.75 Å². The first-order valence-electron chi connectivity index (χ1n) is 4.97. The lowest BCUT2D eigenvalue weighted by atomic mass is 10.1. The number of benzene rings is 1. The fraction of sp³-hybridized carbons (Fsp3) is 0.364. The van der Waals surface area contributed by atoms with E-state index in [2.05, 4.69) is 0 Å². The van der Waals surface area contributed by atoms with Gasteiger partial charge in [0.2, 0.25) is 0 Å². The molecule has 0 aliphatic heterocycles. The van der Waals surface area contributed by atoms with Gasteiger partial charge in [-0.25, -0.2) is 0 Å². The number of carbonyl (C=O) groups excluding carboxylic acids is 1. The van der Waals surface area contributed by atoms with Crippen LogP contribution in [0.25, 0.3) is 0 Å². The Balaban J connectivity index is 2.69. The first-order valence-corrected chi connectivity index (χ1v) is 5.35. The number of ketones is 1. The number of rotatable bonds is 5. The van der Waals surface area contributed by atoms with Gasteiger partial charge in [-0.3, -0.25) is 4.79 Å². The molecule has 1 aromatic carbocycles. The average Bonchev–Trinajstić information content (AvgIpc) is 2.27. The van der Waals surface area contributed by atoms with Gasteiger partial charge in [-0.05, 0) is 18.2 Å². The maximum Gasteiger partial charge on any atom is 0.401 e. The van der Waals surface area contributed by atoms with Gasteiger partial charge in [-0.15, -0.1) is 0 Å². The van der Waals surface area contributed by atoms with E-state index in [0.29, 0.717) is 5.02 Å². The lowest BCUT2D eigenvalue weighted by Crippen LogP contribution is -2.32. The maximum absolute atomic E-state index is 11.9. The Kier molecular flexibility index (Phi) is 4.98. The SMILES string of the molecule is COc1ccc(Cl)cc1C(=O)CNCC(F)(F)F. The predicted molar refractivity (Wildman–Crippen MR) is 61.3 cm³/mol. The third kappa shape index (κ3) is 4.54. The van der Waals surface area contributed by atoms with Crippen molar-refractivity contribution in [3.05, 3.63) is 28.8 Å². The van der Waals surface area contributed by atoms with Crippen molar-refractivity contribution in [2.24, 2.45) is 0 Å². The second kappa shape index (κ2) is 6.06. The molecule has 0 aliphatic carbocycles. The van der Waals surface area contributed by atoms with Crippen LogP contribution in [0.4, 0.5) is 13.2 Å². The normalized spacial score (nSPS) is 11.4. The van der Waals surface area contributed by atoms with Crippen molar-refractivity contribution in [3.63, 3.8) is 0 Å². The Morgan fingerprint density at radius 2 is 2.11 bits per heavy atom. The summed E-state index contributed by atoms with van der Waals surface area (Å²) in [5.74, 6) is -0.239. The smallest absolute Gasteiger partial charge is 0.401 e. The number of Topliss-reactive ketones (excluding diaryl/α,β-unsaturated/α-hetero) is 1. The number of methoxy groups -OCH3 is 1. The molecule has 1 N–H and O–H groups in total. The van der Waals surface area contributed by atoms with E-state index in [1.165, 1.54) is 25.3 Å². The quantitative estimate of drug-likeness (QED) is 0.843. The summed E-state index contributed by atoms with van der Waals surface area (Å²) in [6, 6.07) is 4.37. The molecule has 1 rings (SSSR count). The molecule has 0 fully saturated rings. The monoisotopic (exact) mass is 281 g/mol. The van der Waals surface area contributed by atoms with Crippen LogP contribution in [0.3, 0.4) is 0 Å². The fourth-order valence-corrected chi connectivity index (χ4v) is 1.48. The van der Waals surface area contributed by atoms with Crippen LogP contribution in [-0.2, 0) is 0 Å². The van der Waals surface area contributed by atoms with Gasteiger partial charge in [0.25, 0.3) is 0 Å². The molecule has 0 aliphatic rings. The van der Waals surface area contributed by atoms with E-state index in [4.69, 9.17) is 16.3 Å². The Labute approximate surface area is 107 Å². The van der Waals surface area contributed by atoms with Crippen LogP contribution in [0.15, 0.2) is 18.2 Å². The summed E-state index contributed by atoms with van der Waals surface area (Å²) in [6.07, 6.45) is -4.35. The van der Waals surface area contributed by atoms with Crippen LogP contribution in [0.2, 0.25) is 5.02 Å². The van der Waals surface area contributed by atoms with Crippen molar-refractivity contribution < 1.29 is 22.7 Å². The molecule has 0 saturated heterocycles. The number of hydrogen-bond donors (Lipinski definition) is 1. The summed E-state index contributed by atoms with van der Waals surface area (Å²) in [5, 5.41) is 2.34. The minimum absolute atomic E-state index is 0.152. The minimum atomic E-state index is -4.35. The molecule has 0 heterocycles. The number of hydrogen-bond acceptors (Lipinski definition) is 3. The predicted octanol–water partition coefficient (Wildman–Crippen LogP) is 2.68. The van der Waals surface area contributed by atoms with Gasteiger partial charge in [-0.2, -0.15) is 13.2 Å². The molecule has 1 aromatic rings. The van der Waals surface area contributed by atoms with Crippen LogP contribution in [0.1, 0.15) is 10.4 Å². The standard InChI is InChI=1S/C11H11ClF3NO2/c1-18-10-3-2-7(12)4-8(10)9(17)5-16-6-11(13,14)15/h2-4,16H,5-6H2,1H3. The van der Waals surface area contributed by atoms with E-state index in [9.17, 15) is 18.0 Å². The Morgan fingerprint density at radius 3 is 2.67 bits per heavy atom. The second-order valence-corrected chi connectivity index (χ2v) is 3.92. The molecule has 0 aromatic heterocycles. The molecule has 0 atom stereocenters. The molecule has 0 radical (unpaired) electrons. The van der Waals surface area contributed by atoms with Gasteiger partial charge in [0.05, 0.1) is 25.8 Å². The van der Waals surface area contributed by atoms with E-state index in [1.807, 2.05) is 5.32 Å². The van der Waals surface area contributed by atoms with Crippen molar-refractivity contribution in [1.29, 1.82) is 0 Å². The molecular weight excluding hydrogens is 271 g/mol. The van der Waals surface area contributed by atoms with Crippen molar-refractivity contribution in [2.75, 3.05) is 20.2 Å². The lowest BCUT2D eigenvalue weighted by Gasteiger charge is -2.10. The third-order valence-electron chi connectivity index (χ3n) is 2.07. The van der Waals surface area contributed by atoms with Crippen molar-refractivity contribution >= 4 is 17.4 Å². The summed E-state index contributed by atoms with van der Waals surface area (Å²) in [7, 11) is 1.36. The molecule has 0 bridgehead atoms. The average molecular weight is 282 g/mol. The minimum Gasteiger partial charge on any atom is -0.496 e. The van der Waals surface area contributed by atoms with Crippen LogP contribution >= 0.6 is 11.6 Å². The summed E-state index contributed by atoms with van der Waals surface area (Å²) in [4.78, 5) is 11.7. The number of alkyl halides is 3. The summed E-state index contributed by atoms with van der Waals surface area (Å²) < 4.78 is 40.6. The molecule has 0 unspecified atom stereocenters. The van der Waals surface area contributed by atoms with Gasteiger partial charge in [-0.1, -0.05) is 11.6 Å². The zero-order valence-corrected chi connectivity index (χ0v) is 10.2. The molecule has 7 heteroatoms. The van der Waals surface area contributed by atoms with Gasteiger partial charge in [0, 0.05) is 5.02 Å². The van der Waals surface area contributed by atoms with Crippen molar-refractivity contribution in [3.8, 4) is 5.75 Å². The molecule has 3 nitrogen and oxygen atoms in total. The third-order valence-corrected chi connectivity index (χ3v) is 2.31. The molecule has 0 saturated carbocycles. The van der Waals surface area contributed by atoms with E-state index in [1.54, 1.807) is 0 Å². The van der Waals surface area contributed by atoms with Crippen molar-refractivity contribution in [1.82, 2.24) is 5.32 Å². The van der Waals surface area contributed by atoms with E-state index in [0.717, 1.165) is 0 Å². The number of nitrogens with one attached hydrogen (secondary N) is 1. The molecule has 100 valence electrons. The Hall–Kier alpha value is -1.27. The van der Waals surface area contributed by atoms with Crippen LogP contribution in [0.5, 0.6) is 5.75 Å². The second-order valence-electron chi connectivity index (χ2n) is 3.49. The van der Waals surface area contributed by atoms with E-state index in [-0.39, 0.29) is 11.3 Å². The number of carbonyl (C=O) groups is 1. The topological polar surface area (TPSA) is 38.3 Å². The van der Waals surface area contributed by atoms with Gasteiger partial charge < -0.3 is 10.1 Å². The Bertz CT molecular complexity index is 435. The maximum atomic E-state index is 11.9. The lowest BCUT2D eigenvalue weighted by molar-refractivity contribution is -0.124. The summed E-state index contributed by atoms with van der Waals surface area (Å²) in [5.41, 5.74) is 0.152. The van der Waals surface area contributed by atoms with Crippen LogP contribution in [-0.4, -0.2) is 32.2 Å². The summed E-state index contributed by atoms with van der Waals surface area (Å²) >= 11 is 5.72. The van der Waals surface area contributed by atoms with Crippen molar-refractivity contribution in [2.45, 2.75) is 6.18 Å². The van der Waals surface area contributed by atoms with E-state index >= 15 is 0 Å². The fourth-order valence-electron chi connectivity index (χ4n) is 1.31. The van der Waals surface area contributed by atoms with Crippen LogP contribution in [0, 0.1) is 0 Å². The molecular formula is C11H11ClF3NO2. The first-order chi connectivity index (χ1) is 8.33. The zero-order valence-electron chi connectivity index (χ0n) is 9.47. The molecule has 0 amide bonds. The molecule has 0 spiro atoms. The zero-order chi connectivity index (χ0) is 13.8. The van der Waals surface area contributed by atoms with E-state index < -0.39 is 25.0 Å². The van der Waals surface area contributed by atoms with Crippen LogP contribution < -0.4 is 10.1 Å². The highest BCUT2D eigenvalue weighted by molar-refractivity contribution is 6.31. The number of halogens is 4. The first kappa shape index (κ1) is 14.8. The highest BCUT2D eigenvalue weighted by atomic mass is 35.5. The largest absolute Gasteiger partial charge is 0.496 e. The highest BCUT2D eigenvalue weighted by Gasteiger charge is 2.26. The summed E-state index contributed by atoms with van der Waals surface area (Å²) in [6.45, 7) is -1.65. The Morgan fingerprint density at radius 1 is 1.44 bits per heavy atom. The van der Waals surface area contributed by atoms with Gasteiger partial charge >= 0.3 is 6.18 Å². The highest BCUT2D eigenvalue weighted by Crippen LogP contribution is 2.23. The van der Waals surface area contributed by atoms with Gasteiger partial charge in [0.15, 0.2) is 5.78 Å². The molecule has 18 heavy (non-hydrogen) atoms. The number of ether oxygens (including phenoxy) is 1.